The lowest BCUT2D eigenvalue weighted by Crippen LogP contribution is -2.22. The highest BCUT2D eigenvalue weighted by atomic mass is 32.1. The predicted molar refractivity (Wildman–Crippen MR) is 80.3 cm³/mol. The third kappa shape index (κ3) is 3.44. The van der Waals surface area contributed by atoms with Gasteiger partial charge in [-0.3, -0.25) is 0 Å². The maximum Gasteiger partial charge on any atom is 0.0368 e. The Balaban J connectivity index is 2.12. The summed E-state index contributed by atoms with van der Waals surface area (Å²) >= 11 is 1.84. The highest BCUT2D eigenvalue weighted by Crippen LogP contribution is 2.21. The molecule has 0 aliphatic heterocycles. The normalized spacial score (nSPS) is 12.6. The molecular formula is C16H21NS. The van der Waals surface area contributed by atoms with Crippen molar-refractivity contribution in [3.05, 3.63) is 57.8 Å². The van der Waals surface area contributed by atoms with Crippen LogP contribution in [-0.2, 0) is 12.8 Å². The fourth-order valence-electron chi connectivity index (χ4n) is 2.17. The first kappa shape index (κ1) is 13.3. The zero-order chi connectivity index (χ0) is 12.8. The van der Waals surface area contributed by atoms with Crippen molar-refractivity contribution < 1.29 is 0 Å². The highest BCUT2D eigenvalue weighted by molar-refractivity contribution is 7.09. The van der Waals surface area contributed by atoms with E-state index in [4.69, 9.17) is 0 Å². The van der Waals surface area contributed by atoms with Gasteiger partial charge in [-0.05, 0) is 35.5 Å². The van der Waals surface area contributed by atoms with Crippen LogP contribution >= 0.6 is 11.3 Å². The molecule has 1 unspecified atom stereocenters. The Hall–Kier alpha value is -1.12. The molecule has 1 nitrogen and oxygen atoms in total. The molecular weight excluding hydrogens is 238 g/mol. The van der Waals surface area contributed by atoms with Gasteiger partial charge in [0.15, 0.2) is 0 Å². The molecule has 0 aliphatic carbocycles. The molecule has 0 spiro atoms. The number of benzene rings is 1. The number of likely N-dealkylation sites (N-methyl/N-ethyl adjacent to an activating group) is 1. The lowest BCUT2D eigenvalue weighted by molar-refractivity contribution is 0.553. The SMILES string of the molecule is CCNC(Cc1cccs1)c1ccc(CC)cc1. The fourth-order valence-corrected chi connectivity index (χ4v) is 2.92. The minimum Gasteiger partial charge on any atom is -0.310 e. The topological polar surface area (TPSA) is 12.0 Å². The van der Waals surface area contributed by atoms with E-state index in [0.717, 1.165) is 19.4 Å². The van der Waals surface area contributed by atoms with Crippen LogP contribution in [0.4, 0.5) is 0 Å². The van der Waals surface area contributed by atoms with E-state index in [1.54, 1.807) is 0 Å². The van der Waals surface area contributed by atoms with Crippen molar-refractivity contribution >= 4 is 11.3 Å². The number of hydrogen-bond donors (Lipinski definition) is 1. The van der Waals surface area contributed by atoms with Crippen LogP contribution in [0.15, 0.2) is 41.8 Å². The molecule has 0 saturated carbocycles. The van der Waals surface area contributed by atoms with Gasteiger partial charge in [-0.25, -0.2) is 0 Å². The molecule has 0 saturated heterocycles. The van der Waals surface area contributed by atoms with Crippen LogP contribution in [0.3, 0.4) is 0 Å². The van der Waals surface area contributed by atoms with Gasteiger partial charge in [-0.1, -0.05) is 44.2 Å². The summed E-state index contributed by atoms with van der Waals surface area (Å²) in [7, 11) is 0. The van der Waals surface area contributed by atoms with Gasteiger partial charge in [0, 0.05) is 17.3 Å². The summed E-state index contributed by atoms with van der Waals surface area (Å²) in [5, 5.41) is 5.73. The minimum atomic E-state index is 0.430. The van der Waals surface area contributed by atoms with Crippen LogP contribution in [0.5, 0.6) is 0 Å². The smallest absolute Gasteiger partial charge is 0.0368 e. The average molecular weight is 259 g/mol. The van der Waals surface area contributed by atoms with E-state index < -0.39 is 0 Å². The molecule has 1 aromatic carbocycles. The third-order valence-electron chi connectivity index (χ3n) is 3.23. The van der Waals surface area contributed by atoms with Crippen LogP contribution in [0.2, 0.25) is 0 Å². The van der Waals surface area contributed by atoms with Gasteiger partial charge in [0.2, 0.25) is 0 Å². The molecule has 18 heavy (non-hydrogen) atoms. The lowest BCUT2D eigenvalue weighted by atomic mass is 10.0. The Morgan fingerprint density at radius 1 is 1.11 bits per heavy atom. The number of rotatable bonds is 6. The first-order chi connectivity index (χ1) is 8.83. The van der Waals surface area contributed by atoms with Gasteiger partial charge < -0.3 is 5.32 Å². The molecule has 96 valence electrons. The van der Waals surface area contributed by atoms with E-state index in [0.29, 0.717) is 6.04 Å². The molecule has 2 rings (SSSR count). The summed E-state index contributed by atoms with van der Waals surface area (Å²) in [6.45, 7) is 5.37. The summed E-state index contributed by atoms with van der Waals surface area (Å²) < 4.78 is 0. The van der Waals surface area contributed by atoms with Crippen LogP contribution in [0.25, 0.3) is 0 Å². The molecule has 1 heterocycles. The average Bonchev–Trinajstić information content (AvgIpc) is 2.91. The van der Waals surface area contributed by atoms with Crippen LogP contribution < -0.4 is 5.32 Å². The van der Waals surface area contributed by atoms with Gasteiger partial charge in [0.25, 0.3) is 0 Å². The largest absolute Gasteiger partial charge is 0.310 e. The zero-order valence-corrected chi connectivity index (χ0v) is 12.0. The van der Waals surface area contributed by atoms with E-state index in [2.05, 4.69) is 60.9 Å². The lowest BCUT2D eigenvalue weighted by Gasteiger charge is -2.18. The third-order valence-corrected chi connectivity index (χ3v) is 4.12. The van der Waals surface area contributed by atoms with Crippen molar-refractivity contribution in [1.29, 1.82) is 0 Å². The van der Waals surface area contributed by atoms with Gasteiger partial charge in [-0.2, -0.15) is 0 Å². The fraction of sp³-hybridized carbons (Fsp3) is 0.375. The summed E-state index contributed by atoms with van der Waals surface area (Å²) in [4.78, 5) is 1.44. The maximum absolute atomic E-state index is 3.58. The van der Waals surface area contributed by atoms with Crippen LogP contribution in [0.1, 0.15) is 35.9 Å². The Morgan fingerprint density at radius 3 is 2.44 bits per heavy atom. The van der Waals surface area contributed by atoms with Gasteiger partial charge in [-0.15, -0.1) is 11.3 Å². The molecule has 0 bridgehead atoms. The molecule has 2 heteroatoms. The molecule has 1 N–H and O–H groups in total. The summed E-state index contributed by atoms with van der Waals surface area (Å²) in [6.07, 6.45) is 2.19. The second-order valence-electron chi connectivity index (χ2n) is 4.49. The van der Waals surface area contributed by atoms with Crippen molar-refractivity contribution in [1.82, 2.24) is 5.32 Å². The van der Waals surface area contributed by atoms with Gasteiger partial charge >= 0.3 is 0 Å². The van der Waals surface area contributed by atoms with E-state index in [-0.39, 0.29) is 0 Å². The Kier molecular flexibility index (Phi) is 4.97. The second kappa shape index (κ2) is 6.72. The van der Waals surface area contributed by atoms with E-state index >= 15 is 0 Å². The van der Waals surface area contributed by atoms with Crippen LogP contribution in [-0.4, -0.2) is 6.54 Å². The Labute approximate surface area is 114 Å². The molecule has 0 amide bonds. The molecule has 0 aliphatic rings. The molecule has 2 aromatic rings. The Bertz CT molecular complexity index is 444. The number of nitrogens with one attached hydrogen (secondary N) is 1. The maximum atomic E-state index is 3.58. The summed E-state index contributed by atoms with van der Waals surface area (Å²) in [5.41, 5.74) is 2.80. The van der Waals surface area contributed by atoms with Gasteiger partial charge in [0.1, 0.15) is 0 Å². The van der Waals surface area contributed by atoms with E-state index in [1.165, 1.54) is 16.0 Å². The van der Waals surface area contributed by atoms with E-state index in [9.17, 15) is 0 Å². The summed E-state index contributed by atoms with van der Waals surface area (Å²) in [5.74, 6) is 0. The number of aryl methyl sites for hydroxylation is 1. The monoisotopic (exact) mass is 259 g/mol. The number of hydrogen-bond acceptors (Lipinski definition) is 2. The van der Waals surface area contributed by atoms with Crippen molar-refractivity contribution in [3.8, 4) is 0 Å². The highest BCUT2D eigenvalue weighted by Gasteiger charge is 2.11. The van der Waals surface area contributed by atoms with E-state index in [1.807, 2.05) is 11.3 Å². The molecule has 1 aromatic heterocycles. The van der Waals surface area contributed by atoms with Crippen molar-refractivity contribution in [2.24, 2.45) is 0 Å². The van der Waals surface area contributed by atoms with Crippen molar-refractivity contribution in [2.45, 2.75) is 32.7 Å². The standard InChI is InChI=1S/C16H21NS/c1-3-13-7-9-14(10-8-13)16(17-4-2)12-15-6-5-11-18-15/h5-11,16-17H,3-4,12H2,1-2H3. The van der Waals surface area contributed by atoms with Crippen LogP contribution in [0, 0.1) is 0 Å². The second-order valence-corrected chi connectivity index (χ2v) is 5.52. The summed E-state index contributed by atoms with van der Waals surface area (Å²) in [6, 6.07) is 13.8. The first-order valence-corrected chi connectivity index (χ1v) is 7.56. The molecule has 1 atom stereocenters. The Morgan fingerprint density at radius 2 is 1.89 bits per heavy atom. The number of thiophene rings is 1. The molecule has 0 fully saturated rings. The van der Waals surface area contributed by atoms with Crippen molar-refractivity contribution in [3.63, 3.8) is 0 Å². The minimum absolute atomic E-state index is 0.430. The predicted octanol–water partition coefficient (Wildman–Crippen LogP) is 4.20. The van der Waals surface area contributed by atoms with Crippen molar-refractivity contribution in [2.75, 3.05) is 6.54 Å². The van der Waals surface area contributed by atoms with Gasteiger partial charge in [0.05, 0.1) is 0 Å². The zero-order valence-electron chi connectivity index (χ0n) is 11.1. The molecule has 0 radical (unpaired) electrons. The quantitative estimate of drug-likeness (QED) is 0.819. The first-order valence-electron chi connectivity index (χ1n) is 6.68.